The third-order valence-electron chi connectivity index (χ3n) is 6.21. The Kier molecular flexibility index (Phi) is 8.50. The average Bonchev–Trinajstić information content (AvgIpc) is 2.97. The zero-order valence-corrected chi connectivity index (χ0v) is 22.3. The molecule has 1 aromatic heterocycles. The number of amides is 2. The first-order valence-corrected chi connectivity index (χ1v) is 13.0. The summed E-state index contributed by atoms with van der Waals surface area (Å²) in [5.74, 6) is -1.49. The van der Waals surface area contributed by atoms with E-state index in [4.69, 9.17) is 10.7 Å². The zero-order chi connectivity index (χ0) is 29.5. The minimum atomic E-state index is -0.745. The summed E-state index contributed by atoms with van der Waals surface area (Å²) in [7, 11) is 0. The molecule has 0 saturated carbocycles. The number of nitrogen functional groups attached to an aromatic ring is 1. The Balaban J connectivity index is 0.000000176. The van der Waals surface area contributed by atoms with Gasteiger partial charge in [-0.15, -0.1) is 0 Å². The Morgan fingerprint density at radius 2 is 1.26 bits per heavy atom. The van der Waals surface area contributed by atoms with E-state index in [1.54, 1.807) is 30.3 Å². The standard InChI is InChI=1S/C20H17N3O.C13H10F2N2O/c21-14-9-13(12-24)10-15(11-14)22-20-16-5-1-3-7-18(16)23-19-8-4-2-6-17(19)20;14-9-6-10(15)8-12(7-9)17-13(18)16-11-4-2-1-3-5-11/h1-11,24H,12,21H2,(H,22,23);1-8H,(H2,16,17,18). The molecular formula is C33H27F2N5O2. The van der Waals surface area contributed by atoms with Crippen molar-refractivity contribution in [2.24, 2.45) is 0 Å². The fourth-order valence-corrected chi connectivity index (χ4v) is 4.44. The first-order chi connectivity index (χ1) is 20.4. The fourth-order valence-electron chi connectivity index (χ4n) is 4.44. The maximum atomic E-state index is 12.9. The number of hydrogen-bond donors (Lipinski definition) is 5. The maximum Gasteiger partial charge on any atom is 0.323 e. The number of halogens is 2. The Morgan fingerprint density at radius 3 is 1.88 bits per heavy atom. The van der Waals surface area contributed by atoms with E-state index < -0.39 is 17.7 Å². The van der Waals surface area contributed by atoms with Crippen molar-refractivity contribution in [1.29, 1.82) is 0 Å². The van der Waals surface area contributed by atoms with Crippen molar-refractivity contribution in [3.05, 3.63) is 132 Å². The first-order valence-electron chi connectivity index (χ1n) is 13.0. The molecule has 0 radical (unpaired) electrons. The number of nitrogens with two attached hydrogens (primary N) is 1. The van der Waals surface area contributed by atoms with Gasteiger partial charge in [0.15, 0.2) is 0 Å². The molecule has 0 aliphatic carbocycles. The summed E-state index contributed by atoms with van der Waals surface area (Å²) in [6.07, 6.45) is 0. The monoisotopic (exact) mass is 563 g/mol. The van der Waals surface area contributed by atoms with Crippen LogP contribution in [0.4, 0.5) is 42.0 Å². The van der Waals surface area contributed by atoms with Crippen LogP contribution in [0.25, 0.3) is 21.8 Å². The predicted octanol–water partition coefficient (Wildman–Crippen LogP) is 7.81. The number of nitrogens with zero attached hydrogens (tertiary/aromatic N) is 1. The van der Waals surface area contributed by atoms with E-state index in [0.717, 1.165) is 56.9 Å². The third-order valence-corrected chi connectivity index (χ3v) is 6.21. The minimum Gasteiger partial charge on any atom is -0.399 e. The van der Waals surface area contributed by atoms with Gasteiger partial charge in [-0.3, -0.25) is 0 Å². The predicted molar refractivity (Wildman–Crippen MR) is 165 cm³/mol. The van der Waals surface area contributed by atoms with Crippen molar-refractivity contribution in [3.63, 3.8) is 0 Å². The van der Waals surface area contributed by atoms with Crippen LogP contribution in [0.3, 0.4) is 0 Å². The quantitative estimate of drug-likeness (QED) is 0.108. The number of fused-ring (bicyclic) bond motifs is 2. The molecule has 7 nitrogen and oxygen atoms in total. The highest BCUT2D eigenvalue weighted by Gasteiger charge is 2.10. The highest BCUT2D eigenvalue weighted by Crippen LogP contribution is 2.33. The number of hydrogen-bond acceptors (Lipinski definition) is 5. The number of para-hydroxylation sites is 3. The van der Waals surface area contributed by atoms with Crippen LogP contribution in [0.1, 0.15) is 5.56 Å². The molecule has 0 aliphatic rings. The molecule has 1 heterocycles. The summed E-state index contributed by atoms with van der Waals surface area (Å²) in [5.41, 5.74) is 11.7. The number of aromatic nitrogens is 1. The van der Waals surface area contributed by atoms with Crippen LogP contribution in [-0.4, -0.2) is 16.1 Å². The molecule has 0 fully saturated rings. The summed E-state index contributed by atoms with van der Waals surface area (Å²) < 4.78 is 25.8. The molecule has 0 atom stereocenters. The number of urea groups is 1. The van der Waals surface area contributed by atoms with Crippen molar-refractivity contribution < 1.29 is 18.7 Å². The van der Waals surface area contributed by atoms with Gasteiger partial charge in [-0.05, 0) is 60.2 Å². The molecule has 0 spiro atoms. The summed E-state index contributed by atoms with van der Waals surface area (Å²) in [6, 6.07) is 32.6. The van der Waals surface area contributed by atoms with Gasteiger partial charge in [0.2, 0.25) is 0 Å². The van der Waals surface area contributed by atoms with E-state index >= 15 is 0 Å². The number of pyridine rings is 1. The molecule has 42 heavy (non-hydrogen) atoms. The van der Waals surface area contributed by atoms with E-state index in [9.17, 15) is 18.7 Å². The molecule has 2 amide bonds. The maximum absolute atomic E-state index is 12.9. The molecular weight excluding hydrogens is 536 g/mol. The minimum absolute atomic E-state index is 0.0441. The molecule has 0 aliphatic heterocycles. The van der Waals surface area contributed by atoms with E-state index in [-0.39, 0.29) is 12.3 Å². The highest BCUT2D eigenvalue weighted by molar-refractivity contribution is 6.08. The van der Waals surface area contributed by atoms with Crippen LogP contribution >= 0.6 is 0 Å². The lowest BCUT2D eigenvalue weighted by Gasteiger charge is -2.14. The van der Waals surface area contributed by atoms with Gasteiger partial charge in [-0.2, -0.15) is 0 Å². The average molecular weight is 564 g/mol. The number of benzene rings is 5. The van der Waals surface area contributed by atoms with Gasteiger partial charge in [0.05, 0.1) is 23.3 Å². The number of aliphatic hydroxyl groups excluding tert-OH is 1. The molecule has 6 rings (SSSR count). The number of carbonyl (C=O) groups excluding carboxylic acids is 1. The molecule has 0 saturated heterocycles. The van der Waals surface area contributed by atoms with Crippen LogP contribution in [-0.2, 0) is 6.61 Å². The second kappa shape index (κ2) is 12.8. The fraction of sp³-hybridized carbons (Fsp3) is 0.0303. The van der Waals surface area contributed by atoms with E-state index in [2.05, 4.69) is 28.1 Å². The van der Waals surface area contributed by atoms with Crippen LogP contribution in [0.5, 0.6) is 0 Å². The topological polar surface area (TPSA) is 112 Å². The molecule has 6 N–H and O–H groups in total. The van der Waals surface area contributed by atoms with Crippen LogP contribution in [0, 0.1) is 11.6 Å². The van der Waals surface area contributed by atoms with Crippen molar-refractivity contribution in [1.82, 2.24) is 4.98 Å². The summed E-state index contributed by atoms with van der Waals surface area (Å²) in [6.45, 7) is -0.0441. The van der Waals surface area contributed by atoms with Gasteiger partial charge in [0.25, 0.3) is 0 Å². The number of carbonyl (C=O) groups is 1. The SMILES string of the molecule is Nc1cc(CO)cc(Nc2c3ccccc3nc3ccccc23)c1.O=C(Nc1ccccc1)Nc1cc(F)cc(F)c1. The summed E-state index contributed by atoms with van der Waals surface area (Å²) in [4.78, 5) is 16.3. The van der Waals surface area contributed by atoms with Gasteiger partial charge in [0, 0.05) is 39.6 Å². The number of nitrogens with one attached hydrogen (secondary N) is 3. The van der Waals surface area contributed by atoms with Gasteiger partial charge in [-0.25, -0.2) is 18.6 Å². The van der Waals surface area contributed by atoms with E-state index in [1.165, 1.54) is 0 Å². The molecule has 5 aromatic carbocycles. The molecule has 0 bridgehead atoms. The Morgan fingerprint density at radius 1 is 0.690 bits per heavy atom. The molecule has 6 aromatic rings. The van der Waals surface area contributed by atoms with Gasteiger partial charge >= 0.3 is 6.03 Å². The largest absolute Gasteiger partial charge is 0.399 e. The lowest BCUT2D eigenvalue weighted by Crippen LogP contribution is -2.19. The number of rotatable bonds is 5. The van der Waals surface area contributed by atoms with Gasteiger partial charge in [0.1, 0.15) is 11.6 Å². The highest BCUT2D eigenvalue weighted by atomic mass is 19.1. The van der Waals surface area contributed by atoms with Crippen molar-refractivity contribution in [3.8, 4) is 0 Å². The second-order valence-corrected chi connectivity index (χ2v) is 9.37. The van der Waals surface area contributed by atoms with Crippen LogP contribution < -0.4 is 21.7 Å². The lowest BCUT2D eigenvalue weighted by molar-refractivity contribution is 0.262. The first kappa shape index (κ1) is 28.0. The van der Waals surface area contributed by atoms with Crippen molar-refractivity contribution >= 4 is 56.3 Å². The van der Waals surface area contributed by atoms with Crippen molar-refractivity contribution in [2.45, 2.75) is 6.61 Å². The normalized spacial score (nSPS) is 10.5. The molecule has 0 unspecified atom stereocenters. The van der Waals surface area contributed by atoms with E-state index in [1.807, 2.05) is 54.6 Å². The Labute approximate surface area is 240 Å². The smallest absolute Gasteiger partial charge is 0.323 e. The summed E-state index contributed by atoms with van der Waals surface area (Å²) >= 11 is 0. The second-order valence-electron chi connectivity index (χ2n) is 9.37. The van der Waals surface area contributed by atoms with Gasteiger partial charge < -0.3 is 26.8 Å². The molecule has 9 heteroatoms. The van der Waals surface area contributed by atoms with Crippen LogP contribution in [0.2, 0.25) is 0 Å². The number of anilines is 5. The van der Waals surface area contributed by atoms with Crippen LogP contribution in [0.15, 0.2) is 115 Å². The summed E-state index contributed by atoms with van der Waals surface area (Å²) in [5, 5.41) is 19.8. The van der Waals surface area contributed by atoms with E-state index in [0.29, 0.717) is 11.4 Å². The Bertz CT molecular complexity index is 1790. The zero-order valence-electron chi connectivity index (χ0n) is 22.3. The third kappa shape index (κ3) is 6.96. The lowest BCUT2D eigenvalue weighted by atomic mass is 10.1. The van der Waals surface area contributed by atoms with Gasteiger partial charge in [-0.1, -0.05) is 54.6 Å². The van der Waals surface area contributed by atoms with Crippen molar-refractivity contribution in [2.75, 3.05) is 21.7 Å². The Hall–Kier alpha value is -5.54. The number of aliphatic hydroxyl groups is 1. The molecule has 210 valence electrons.